The molecule has 0 aliphatic carbocycles. The Morgan fingerprint density at radius 3 is 1.87 bits per heavy atom. The van der Waals surface area contributed by atoms with E-state index in [4.69, 9.17) is 16.3 Å². The van der Waals surface area contributed by atoms with E-state index in [2.05, 4.69) is 9.97 Å². The van der Waals surface area contributed by atoms with Crippen molar-refractivity contribution in [1.29, 1.82) is 0 Å². The van der Waals surface area contributed by atoms with Gasteiger partial charge in [-0.1, -0.05) is 23.7 Å². The summed E-state index contributed by atoms with van der Waals surface area (Å²) in [6.45, 7) is 0. The fourth-order valence-corrected chi connectivity index (χ4v) is 3.38. The van der Waals surface area contributed by atoms with Crippen molar-refractivity contribution in [2.45, 2.75) is 0 Å². The number of fused-ring (bicyclic) bond motifs is 2. The van der Waals surface area contributed by atoms with E-state index in [-0.39, 0.29) is 17.0 Å². The smallest absolute Gasteiger partial charge is 0.343 e. The standard InChI is InChI=1S/C23H12ClN3O4/c24-14-7-11-16(12-8-14)31-23(30)13-5-9-15(10-6-13)27-21(28)19-20(22(27)29)26-18-4-2-1-3-17(18)25-19/h1-12H. The van der Waals surface area contributed by atoms with Crippen LogP contribution >= 0.6 is 11.6 Å². The molecule has 0 fully saturated rings. The highest BCUT2D eigenvalue weighted by molar-refractivity contribution is 6.33. The predicted molar refractivity (Wildman–Crippen MR) is 114 cm³/mol. The molecule has 0 radical (unpaired) electrons. The molecule has 1 aliphatic heterocycles. The number of rotatable bonds is 3. The Morgan fingerprint density at radius 2 is 1.32 bits per heavy atom. The predicted octanol–water partition coefficient (Wildman–Crippen LogP) is 4.30. The Hall–Kier alpha value is -4.10. The number of amides is 2. The molecule has 0 atom stereocenters. The van der Waals surface area contributed by atoms with Gasteiger partial charge < -0.3 is 4.74 Å². The number of anilines is 1. The minimum atomic E-state index is -0.578. The van der Waals surface area contributed by atoms with Crippen molar-refractivity contribution < 1.29 is 19.1 Å². The van der Waals surface area contributed by atoms with Gasteiger partial charge in [0.25, 0.3) is 11.8 Å². The summed E-state index contributed by atoms with van der Waals surface area (Å²) in [6.07, 6.45) is 0. The number of aromatic nitrogens is 2. The molecule has 2 amide bonds. The summed E-state index contributed by atoms with van der Waals surface area (Å²) in [7, 11) is 0. The highest BCUT2D eigenvalue weighted by Gasteiger charge is 2.40. The largest absolute Gasteiger partial charge is 0.423 e. The van der Waals surface area contributed by atoms with Gasteiger partial charge in [0, 0.05) is 5.02 Å². The Kier molecular flexibility index (Phi) is 4.45. The minimum Gasteiger partial charge on any atom is -0.423 e. The van der Waals surface area contributed by atoms with E-state index in [1.54, 1.807) is 48.5 Å². The van der Waals surface area contributed by atoms with Crippen molar-refractivity contribution in [2.24, 2.45) is 0 Å². The fourth-order valence-electron chi connectivity index (χ4n) is 3.25. The maximum absolute atomic E-state index is 12.8. The lowest BCUT2D eigenvalue weighted by molar-refractivity contribution is 0.0734. The fraction of sp³-hybridized carbons (Fsp3) is 0. The monoisotopic (exact) mass is 429 g/mol. The second kappa shape index (κ2) is 7.30. The highest BCUT2D eigenvalue weighted by atomic mass is 35.5. The normalized spacial score (nSPS) is 12.9. The SMILES string of the molecule is O=C(Oc1ccc(Cl)cc1)c1ccc(N2C(=O)c3nc4ccccc4nc3C2=O)cc1. The summed E-state index contributed by atoms with van der Waals surface area (Å²) >= 11 is 5.82. The molecule has 0 saturated carbocycles. The summed E-state index contributed by atoms with van der Waals surface area (Å²) in [5, 5.41) is 0.530. The van der Waals surface area contributed by atoms with Gasteiger partial charge in [-0.05, 0) is 60.7 Å². The molecule has 7 nitrogen and oxygen atoms in total. The van der Waals surface area contributed by atoms with Crippen LogP contribution in [0.3, 0.4) is 0 Å². The summed E-state index contributed by atoms with van der Waals surface area (Å²) in [5.41, 5.74) is 1.65. The lowest BCUT2D eigenvalue weighted by Gasteiger charge is -2.13. The van der Waals surface area contributed by atoms with Gasteiger partial charge in [-0.15, -0.1) is 0 Å². The molecule has 4 aromatic rings. The van der Waals surface area contributed by atoms with Gasteiger partial charge >= 0.3 is 5.97 Å². The number of para-hydroxylation sites is 2. The van der Waals surface area contributed by atoms with E-state index < -0.39 is 17.8 Å². The van der Waals surface area contributed by atoms with Gasteiger partial charge in [0.1, 0.15) is 5.75 Å². The van der Waals surface area contributed by atoms with Crippen LogP contribution in [0.25, 0.3) is 11.0 Å². The van der Waals surface area contributed by atoms with Gasteiger partial charge in [-0.2, -0.15) is 0 Å². The Bertz CT molecular complexity index is 1310. The van der Waals surface area contributed by atoms with E-state index >= 15 is 0 Å². The second-order valence-corrected chi connectivity index (χ2v) is 7.18. The zero-order valence-electron chi connectivity index (χ0n) is 15.8. The van der Waals surface area contributed by atoms with Crippen LogP contribution in [0.15, 0.2) is 72.8 Å². The van der Waals surface area contributed by atoms with E-state index in [1.165, 1.54) is 24.3 Å². The van der Waals surface area contributed by atoms with Crippen molar-refractivity contribution in [3.8, 4) is 5.75 Å². The number of hydrogen-bond acceptors (Lipinski definition) is 6. The van der Waals surface area contributed by atoms with Crippen molar-refractivity contribution >= 4 is 46.1 Å². The molecule has 1 aliphatic rings. The van der Waals surface area contributed by atoms with Crippen molar-refractivity contribution in [3.05, 3.63) is 94.8 Å². The molecular weight excluding hydrogens is 418 g/mol. The molecule has 8 heteroatoms. The van der Waals surface area contributed by atoms with Crippen LogP contribution in [0.4, 0.5) is 5.69 Å². The highest BCUT2D eigenvalue weighted by Crippen LogP contribution is 2.28. The van der Waals surface area contributed by atoms with Crippen LogP contribution < -0.4 is 9.64 Å². The third kappa shape index (κ3) is 3.31. The zero-order chi connectivity index (χ0) is 21.5. The first-order valence-corrected chi connectivity index (χ1v) is 9.62. The first-order chi connectivity index (χ1) is 15.0. The van der Waals surface area contributed by atoms with Gasteiger partial charge in [-0.25, -0.2) is 19.7 Å². The number of nitrogens with zero attached hydrogens (tertiary/aromatic N) is 3. The van der Waals surface area contributed by atoms with Crippen LogP contribution in [0.1, 0.15) is 31.3 Å². The summed E-state index contributed by atoms with van der Waals surface area (Å²) in [4.78, 5) is 47.6. The number of carbonyl (C=O) groups excluding carboxylic acids is 3. The number of imide groups is 1. The van der Waals surface area contributed by atoms with Gasteiger partial charge in [0.2, 0.25) is 0 Å². The lowest BCUT2D eigenvalue weighted by Crippen LogP contribution is -2.29. The number of hydrogen-bond donors (Lipinski definition) is 0. The average Bonchev–Trinajstić information content (AvgIpc) is 3.03. The molecule has 31 heavy (non-hydrogen) atoms. The van der Waals surface area contributed by atoms with Crippen LogP contribution in [0.5, 0.6) is 5.75 Å². The summed E-state index contributed by atoms with van der Waals surface area (Å²) < 4.78 is 5.29. The van der Waals surface area contributed by atoms with Crippen molar-refractivity contribution in [2.75, 3.05) is 4.90 Å². The molecule has 0 unspecified atom stereocenters. The van der Waals surface area contributed by atoms with Crippen LogP contribution in [0.2, 0.25) is 5.02 Å². The number of benzene rings is 3. The van der Waals surface area contributed by atoms with E-state index in [9.17, 15) is 14.4 Å². The van der Waals surface area contributed by atoms with Gasteiger partial charge in [0.15, 0.2) is 11.4 Å². The van der Waals surface area contributed by atoms with Crippen LogP contribution in [0, 0.1) is 0 Å². The van der Waals surface area contributed by atoms with Crippen LogP contribution in [-0.2, 0) is 0 Å². The Balaban J connectivity index is 1.41. The topological polar surface area (TPSA) is 89.5 Å². The zero-order valence-corrected chi connectivity index (χ0v) is 16.5. The molecular formula is C23H12ClN3O4. The number of carbonyl (C=O) groups is 3. The first kappa shape index (κ1) is 18.9. The van der Waals surface area contributed by atoms with Gasteiger partial charge in [-0.3, -0.25) is 9.59 Å². The van der Waals surface area contributed by atoms with Crippen molar-refractivity contribution in [1.82, 2.24) is 9.97 Å². The molecule has 5 rings (SSSR count). The first-order valence-electron chi connectivity index (χ1n) is 9.24. The maximum Gasteiger partial charge on any atom is 0.343 e. The molecule has 2 heterocycles. The lowest BCUT2D eigenvalue weighted by atomic mass is 10.2. The van der Waals surface area contributed by atoms with Crippen LogP contribution in [-0.4, -0.2) is 27.8 Å². The van der Waals surface area contributed by atoms with Gasteiger partial charge in [0.05, 0.1) is 22.3 Å². The Labute approximate surface area is 180 Å². The quantitative estimate of drug-likeness (QED) is 0.274. The molecule has 0 bridgehead atoms. The third-order valence-electron chi connectivity index (χ3n) is 4.77. The summed E-state index contributed by atoms with van der Waals surface area (Å²) in [5.74, 6) is -1.35. The molecule has 3 aromatic carbocycles. The molecule has 150 valence electrons. The van der Waals surface area contributed by atoms with E-state index in [1.807, 2.05) is 0 Å². The van der Waals surface area contributed by atoms with E-state index in [0.717, 1.165) is 4.90 Å². The maximum atomic E-state index is 12.8. The molecule has 0 saturated heterocycles. The summed E-state index contributed by atoms with van der Waals surface area (Å²) in [6, 6.07) is 19.4. The molecule has 0 N–H and O–H groups in total. The molecule has 0 spiro atoms. The molecule has 1 aromatic heterocycles. The third-order valence-corrected chi connectivity index (χ3v) is 5.02. The number of ether oxygens (including phenoxy) is 1. The number of esters is 1. The van der Waals surface area contributed by atoms with Crippen molar-refractivity contribution in [3.63, 3.8) is 0 Å². The van der Waals surface area contributed by atoms with E-state index in [0.29, 0.717) is 27.5 Å². The average molecular weight is 430 g/mol. The Morgan fingerprint density at radius 1 is 0.774 bits per heavy atom. The minimum absolute atomic E-state index is 0.00919. The number of halogens is 1. The second-order valence-electron chi connectivity index (χ2n) is 6.75.